The maximum absolute atomic E-state index is 11.8. The number of sulfonamides is 1. The normalized spacial score (nSPS) is 11.1. The van der Waals surface area contributed by atoms with Crippen LogP contribution in [-0.2, 0) is 10.0 Å². The number of carbonyl (C=O) groups is 1. The molecule has 1 amide bonds. The molecule has 1 aromatic rings. The van der Waals surface area contributed by atoms with Gasteiger partial charge in [0.05, 0.1) is 6.26 Å². The first-order valence-electron chi connectivity index (χ1n) is 6.28. The van der Waals surface area contributed by atoms with Gasteiger partial charge in [0.25, 0.3) is 5.91 Å². The maximum atomic E-state index is 11.8. The highest BCUT2D eigenvalue weighted by atomic mass is 32.2. The monoisotopic (exact) mass is 284 g/mol. The van der Waals surface area contributed by atoms with Crippen molar-refractivity contribution < 1.29 is 13.2 Å². The second-order valence-corrected chi connectivity index (χ2v) is 6.16. The molecule has 0 aliphatic carbocycles. The lowest BCUT2D eigenvalue weighted by Gasteiger charge is -2.06. The lowest BCUT2D eigenvalue weighted by Crippen LogP contribution is -2.24. The summed E-state index contributed by atoms with van der Waals surface area (Å²) in [6.07, 6.45) is 4.26. The van der Waals surface area contributed by atoms with E-state index in [0.717, 1.165) is 25.5 Å². The first kappa shape index (κ1) is 15.5. The largest absolute Gasteiger partial charge is 0.352 e. The Labute approximate surface area is 114 Å². The third-order valence-corrected chi connectivity index (χ3v) is 3.12. The van der Waals surface area contributed by atoms with Crippen LogP contribution in [0.5, 0.6) is 0 Å². The zero-order valence-corrected chi connectivity index (χ0v) is 12.1. The van der Waals surface area contributed by atoms with E-state index in [0.29, 0.717) is 17.8 Å². The highest BCUT2D eigenvalue weighted by Gasteiger charge is 2.06. The summed E-state index contributed by atoms with van der Waals surface area (Å²) in [6, 6.07) is 6.34. The second kappa shape index (κ2) is 7.13. The lowest BCUT2D eigenvalue weighted by atomic mass is 10.2. The van der Waals surface area contributed by atoms with Gasteiger partial charge < -0.3 is 5.32 Å². The minimum Gasteiger partial charge on any atom is -0.352 e. The molecule has 5 nitrogen and oxygen atoms in total. The Morgan fingerprint density at radius 2 is 1.79 bits per heavy atom. The van der Waals surface area contributed by atoms with Gasteiger partial charge in [0.1, 0.15) is 0 Å². The average Bonchev–Trinajstić information content (AvgIpc) is 2.33. The standard InChI is InChI=1S/C13H20N2O3S/c1-3-4-5-10-14-13(16)11-6-8-12(9-7-11)15-19(2,17)18/h6-9,15H,3-5,10H2,1-2H3,(H,14,16). The number of amides is 1. The molecular weight excluding hydrogens is 264 g/mol. The van der Waals surface area contributed by atoms with E-state index in [1.54, 1.807) is 24.3 Å². The Balaban J connectivity index is 2.53. The van der Waals surface area contributed by atoms with Crippen molar-refractivity contribution in [3.8, 4) is 0 Å². The van der Waals surface area contributed by atoms with Crippen LogP contribution in [-0.4, -0.2) is 27.1 Å². The Morgan fingerprint density at radius 1 is 1.16 bits per heavy atom. The Kier molecular flexibility index (Phi) is 5.82. The molecule has 2 N–H and O–H groups in total. The second-order valence-electron chi connectivity index (χ2n) is 4.41. The highest BCUT2D eigenvalue weighted by molar-refractivity contribution is 7.92. The van der Waals surface area contributed by atoms with Crippen LogP contribution >= 0.6 is 0 Å². The first-order chi connectivity index (χ1) is 8.92. The SMILES string of the molecule is CCCCCNC(=O)c1ccc(NS(C)(=O)=O)cc1. The number of anilines is 1. The van der Waals surface area contributed by atoms with Crippen molar-refractivity contribution in [3.63, 3.8) is 0 Å². The summed E-state index contributed by atoms with van der Waals surface area (Å²) in [4.78, 5) is 11.8. The summed E-state index contributed by atoms with van der Waals surface area (Å²) >= 11 is 0. The molecule has 1 aromatic carbocycles. The van der Waals surface area contributed by atoms with Crippen molar-refractivity contribution in [3.05, 3.63) is 29.8 Å². The van der Waals surface area contributed by atoms with Crippen LogP contribution in [0.15, 0.2) is 24.3 Å². The van der Waals surface area contributed by atoms with Gasteiger partial charge in [0, 0.05) is 17.8 Å². The van der Waals surface area contributed by atoms with Gasteiger partial charge >= 0.3 is 0 Å². The highest BCUT2D eigenvalue weighted by Crippen LogP contribution is 2.10. The van der Waals surface area contributed by atoms with Gasteiger partial charge in [0.2, 0.25) is 10.0 Å². The molecule has 106 valence electrons. The molecule has 1 rings (SSSR count). The van der Waals surface area contributed by atoms with Crippen LogP contribution in [0, 0.1) is 0 Å². The molecule has 0 atom stereocenters. The predicted octanol–water partition coefficient (Wildman–Crippen LogP) is 1.98. The fourth-order valence-electron chi connectivity index (χ4n) is 1.58. The number of carbonyl (C=O) groups excluding carboxylic acids is 1. The zero-order valence-electron chi connectivity index (χ0n) is 11.3. The van der Waals surface area contributed by atoms with E-state index in [9.17, 15) is 13.2 Å². The average molecular weight is 284 g/mol. The number of nitrogens with one attached hydrogen (secondary N) is 2. The summed E-state index contributed by atoms with van der Waals surface area (Å²) in [7, 11) is -3.28. The number of hydrogen-bond donors (Lipinski definition) is 2. The summed E-state index contributed by atoms with van der Waals surface area (Å²) < 4.78 is 24.4. The molecule has 0 aromatic heterocycles. The molecule has 6 heteroatoms. The van der Waals surface area contributed by atoms with Crippen LogP contribution < -0.4 is 10.0 Å². The van der Waals surface area contributed by atoms with Gasteiger partial charge in [-0.3, -0.25) is 9.52 Å². The number of rotatable bonds is 7. The van der Waals surface area contributed by atoms with Crippen molar-refractivity contribution in [1.29, 1.82) is 0 Å². The van der Waals surface area contributed by atoms with E-state index in [-0.39, 0.29) is 5.91 Å². The summed E-state index contributed by atoms with van der Waals surface area (Å²) in [6.45, 7) is 2.77. The Morgan fingerprint density at radius 3 is 2.32 bits per heavy atom. The van der Waals surface area contributed by atoms with Gasteiger partial charge in [-0.2, -0.15) is 0 Å². The number of hydrogen-bond acceptors (Lipinski definition) is 3. The number of unbranched alkanes of at least 4 members (excludes halogenated alkanes) is 2. The van der Waals surface area contributed by atoms with Crippen LogP contribution in [0.2, 0.25) is 0 Å². The number of benzene rings is 1. The molecule has 0 fully saturated rings. The molecular formula is C13H20N2O3S. The minimum absolute atomic E-state index is 0.137. The van der Waals surface area contributed by atoms with Crippen molar-refractivity contribution in [2.24, 2.45) is 0 Å². The van der Waals surface area contributed by atoms with E-state index < -0.39 is 10.0 Å². The van der Waals surface area contributed by atoms with Gasteiger partial charge in [-0.25, -0.2) is 8.42 Å². The van der Waals surface area contributed by atoms with Gasteiger partial charge in [-0.1, -0.05) is 19.8 Å². The smallest absolute Gasteiger partial charge is 0.251 e. The molecule has 0 unspecified atom stereocenters. The van der Waals surface area contributed by atoms with Crippen LogP contribution in [0.25, 0.3) is 0 Å². The molecule has 0 spiro atoms. The van der Waals surface area contributed by atoms with Crippen molar-refractivity contribution in [2.75, 3.05) is 17.5 Å². The molecule has 0 radical (unpaired) electrons. The molecule has 0 heterocycles. The molecule has 0 saturated carbocycles. The summed E-state index contributed by atoms with van der Waals surface area (Å²) in [5.41, 5.74) is 0.973. The van der Waals surface area contributed by atoms with E-state index in [2.05, 4.69) is 17.0 Å². The van der Waals surface area contributed by atoms with E-state index in [4.69, 9.17) is 0 Å². The van der Waals surface area contributed by atoms with Crippen LogP contribution in [0.1, 0.15) is 36.5 Å². The van der Waals surface area contributed by atoms with Crippen molar-refractivity contribution >= 4 is 21.6 Å². The summed E-state index contributed by atoms with van der Waals surface area (Å²) in [5.74, 6) is -0.137. The fourth-order valence-corrected chi connectivity index (χ4v) is 2.15. The van der Waals surface area contributed by atoms with E-state index in [1.807, 2.05) is 0 Å². The minimum atomic E-state index is -3.28. The van der Waals surface area contributed by atoms with Crippen molar-refractivity contribution in [2.45, 2.75) is 26.2 Å². The van der Waals surface area contributed by atoms with Crippen LogP contribution in [0.4, 0.5) is 5.69 Å². The molecule has 0 bridgehead atoms. The molecule has 0 saturated heterocycles. The van der Waals surface area contributed by atoms with Gasteiger partial charge in [0.15, 0.2) is 0 Å². The van der Waals surface area contributed by atoms with Crippen molar-refractivity contribution in [1.82, 2.24) is 5.32 Å². The summed E-state index contributed by atoms with van der Waals surface area (Å²) in [5, 5.41) is 2.82. The molecule has 19 heavy (non-hydrogen) atoms. The maximum Gasteiger partial charge on any atom is 0.251 e. The Hall–Kier alpha value is -1.56. The van der Waals surface area contributed by atoms with Crippen LogP contribution in [0.3, 0.4) is 0 Å². The third kappa shape index (κ3) is 6.24. The fraction of sp³-hybridized carbons (Fsp3) is 0.462. The van der Waals surface area contributed by atoms with E-state index in [1.165, 1.54) is 0 Å². The predicted molar refractivity (Wildman–Crippen MR) is 76.8 cm³/mol. The van der Waals surface area contributed by atoms with Gasteiger partial charge in [-0.15, -0.1) is 0 Å². The Bertz CT molecular complexity index is 509. The molecule has 0 aliphatic rings. The first-order valence-corrected chi connectivity index (χ1v) is 8.17. The van der Waals surface area contributed by atoms with E-state index >= 15 is 0 Å². The van der Waals surface area contributed by atoms with Gasteiger partial charge in [-0.05, 0) is 30.7 Å². The third-order valence-electron chi connectivity index (χ3n) is 2.52. The lowest BCUT2D eigenvalue weighted by molar-refractivity contribution is 0.0953. The molecule has 0 aliphatic heterocycles. The topological polar surface area (TPSA) is 75.3 Å². The zero-order chi connectivity index (χ0) is 14.3. The quantitative estimate of drug-likeness (QED) is 0.752.